The van der Waals surface area contributed by atoms with Gasteiger partial charge in [-0.1, -0.05) is 13.3 Å². The minimum atomic E-state index is 0.939. The van der Waals surface area contributed by atoms with Crippen LogP contribution in [-0.4, -0.2) is 0 Å². The van der Waals surface area contributed by atoms with Crippen molar-refractivity contribution in [2.45, 2.75) is 39.0 Å². The van der Waals surface area contributed by atoms with Crippen molar-refractivity contribution in [1.82, 2.24) is 0 Å². The molecule has 46 valence electrons. The fraction of sp³-hybridized carbons (Fsp3) is 1.00. The third-order valence-corrected chi connectivity index (χ3v) is 3.24. The van der Waals surface area contributed by atoms with E-state index in [0.717, 1.165) is 11.3 Å². The lowest BCUT2D eigenvalue weighted by atomic mass is 9.69. The van der Waals surface area contributed by atoms with Crippen molar-refractivity contribution < 1.29 is 0 Å². The lowest BCUT2D eigenvalue weighted by molar-refractivity contribution is 0.143. The second kappa shape index (κ2) is 1.29. The summed E-state index contributed by atoms with van der Waals surface area (Å²) in [5.41, 5.74) is 0.939. The first-order chi connectivity index (χ1) is 3.87. The quantitative estimate of drug-likeness (QED) is 0.486. The molecule has 2 fully saturated rings. The summed E-state index contributed by atoms with van der Waals surface area (Å²) in [4.78, 5) is 0. The molecule has 0 saturated heterocycles. The van der Waals surface area contributed by atoms with Crippen molar-refractivity contribution in [2.75, 3.05) is 0 Å². The van der Waals surface area contributed by atoms with Gasteiger partial charge in [-0.05, 0) is 37.0 Å². The van der Waals surface area contributed by atoms with E-state index in [1.165, 1.54) is 12.8 Å². The highest BCUT2D eigenvalue weighted by atomic mass is 14.6. The zero-order valence-electron chi connectivity index (χ0n) is 5.61. The lowest BCUT2D eigenvalue weighted by Crippen LogP contribution is -2.26. The molecular formula is C8H14. The van der Waals surface area contributed by atoms with Gasteiger partial charge in [0.15, 0.2) is 0 Å². The summed E-state index contributed by atoms with van der Waals surface area (Å²) in [7, 11) is 0. The van der Waals surface area contributed by atoms with Crippen LogP contribution in [0, 0.1) is 11.3 Å². The van der Waals surface area contributed by atoms with Crippen LogP contribution in [0.2, 0.25) is 0 Å². The van der Waals surface area contributed by atoms with Crippen LogP contribution in [0.5, 0.6) is 0 Å². The first-order valence-corrected chi connectivity index (χ1v) is 3.87. The Kier molecular flexibility index (Phi) is 0.778. The third-order valence-electron chi connectivity index (χ3n) is 3.24. The van der Waals surface area contributed by atoms with Gasteiger partial charge in [0.05, 0.1) is 0 Å². The highest BCUT2D eigenvalue weighted by molar-refractivity contribution is 5.04. The highest BCUT2D eigenvalue weighted by Gasteiger charge is 2.54. The Hall–Kier alpha value is 0. The molecule has 0 amide bonds. The molecule has 2 rings (SSSR count). The average molecular weight is 110 g/mol. The van der Waals surface area contributed by atoms with E-state index in [-0.39, 0.29) is 0 Å². The van der Waals surface area contributed by atoms with Gasteiger partial charge in [-0.25, -0.2) is 0 Å². The maximum absolute atomic E-state index is 2.34. The van der Waals surface area contributed by atoms with Gasteiger partial charge >= 0.3 is 0 Å². The molecule has 0 nitrogen and oxygen atoms in total. The molecule has 8 heavy (non-hydrogen) atoms. The fourth-order valence-electron chi connectivity index (χ4n) is 2.21. The Labute approximate surface area is 51.3 Å². The van der Waals surface area contributed by atoms with E-state index in [4.69, 9.17) is 0 Å². The average Bonchev–Trinajstić information content (AvgIpc) is 2.42. The van der Waals surface area contributed by atoms with E-state index in [2.05, 4.69) is 6.92 Å². The molecule has 0 aromatic heterocycles. The maximum Gasteiger partial charge on any atom is -0.0269 e. The van der Waals surface area contributed by atoms with Crippen LogP contribution < -0.4 is 0 Å². The summed E-state index contributed by atoms with van der Waals surface area (Å²) in [6.45, 7) is 2.34. The van der Waals surface area contributed by atoms with E-state index >= 15 is 0 Å². The molecule has 0 aliphatic heterocycles. The molecule has 0 aromatic rings. The Morgan fingerprint density at radius 3 is 2.25 bits per heavy atom. The molecule has 2 saturated carbocycles. The first kappa shape index (κ1) is 4.84. The van der Waals surface area contributed by atoms with Gasteiger partial charge in [0.2, 0.25) is 0 Å². The molecule has 1 unspecified atom stereocenters. The summed E-state index contributed by atoms with van der Waals surface area (Å²) in [6.07, 6.45) is 7.67. The van der Waals surface area contributed by atoms with E-state index in [0.29, 0.717) is 0 Å². The van der Waals surface area contributed by atoms with Crippen LogP contribution in [0.15, 0.2) is 0 Å². The van der Waals surface area contributed by atoms with Gasteiger partial charge in [-0.15, -0.1) is 0 Å². The molecule has 0 heteroatoms. The van der Waals surface area contributed by atoms with Crippen molar-refractivity contribution in [2.24, 2.45) is 11.3 Å². The Morgan fingerprint density at radius 2 is 2.12 bits per heavy atom. The van der Waals surface area contributed by atoms with Crippen LogP contribution in [0.3, 0.4) is 0 Å². The highest BCUT2D eigenvalue weighted by Crippen LogP contribution is 2.65. The second-order valence-electron chi connectivity index (χ2n) is 3.51. The number of hydrogen-bond acceptors (Lipinski definition) is 0. The lowest BCUT2D eigenvalue weighted by Gasteiger charge is -2.36. The summed E-state index contributed by atoms with van der Waals surface area (Å²) >= 11 is 0. The van der Waals surface area contributed by atoms with Gasteiger partial charge in [0.1, 0.15) is 0 Å². The van der Waals surface area contributed by atoms with Gasteiger partial charge < -0.3 is 0 Å². The zero-order valence-corrected chi connectivity index (χ0v) is 5.61. The topological polar surface area (TPSA) is 0 Å². The predicted octanol–water partition coefficient (Wildman–Crippen LogP) is 2.59. The largest absolute Gasteiger partial charge is 0.0651 e. The first-order valence-electron chi connectivity index (χ1n) is 3.87. The van der Waals surface area contributed by atoms with Crippen LogP contribution in [0.25, 0.3) is 0 Å². The second-order valence-corrected chi connectivity index (χ2v) is 3.51. The maximum atomic E-state index is 2.34. The van der Waals surface area contributed by atoms with Crippen LogP contribution in [0.4, 0.5) is 0 Å². The zero-order chi connectivity index (χ0) is 5.61. The minimum absolute atomic E-state index is 0.939. The molecule has 1 atom stereocenters. The SMILES string of the molecule is CCC1CCC12CC2. The summed E-state index contributed by atoms with van der Waals surface area (Å²) in [6, 6.07) is 0. The van der Waals surface area contributed by atoms with Crippen molar-refractivity contribution >= 4 is 0 Å². The van der Waals surface area contributed by atoms with Gasteiger partial charge in [0, 0.05) is 0 Å². The van der Waals surface area contributed by atoms with Crippen LogP contribution in [0.1, 0.15) is 39.0 Å². The Morgan fingerprint density at radius 1 is 1.38 bits per heavy atom. The number of hydrogen-bond donors (Lipinski definition) is 0. The summed E-state index contributed by atoms with van der Waals surface area (Å²) in [5.74, 6) is 1.14. The van der Waals surface area contributed by atoms with Crippen LogP contribution in [-0.2, 0) is 0 Å². The fourth-order valence-corrected chi connectivity index (χ4v) is 2.21. The predicted molar refractivity (Wildman–Crippen MR) is 34.7 cm³/mol. The molecule has 0 bridgehead atoms. The monoisotopic (exact) mass is 110 g/mol. The molecule has 1 spiro atoms. The standard InChI is InChI=1S/C8H14/c1-2-7-3-4-8(7)5-6-8/h7H,2-6H2,1H3. The molecule has 0 radical (unpaired) electrons. The normalized spacial score (nSPS) is 39.4. The van der Waals surface area contributed by atoms with E-state index < -0.39 is 0 Å². The smallest absolute Gasteiger partial charge is 0.0269 e. The van der Waals surface area contributed by atoms with Crippen LogP contribution >= 0.6 is 0 Å². The summed E-state index contributed by atoms with van der Waals surface area (Å²) < 4.78 is 0. The molecule has 2 aliphatic rings. The molecule has 0 aromatic carbocycles. The van der Waals surface area contributed by atoms with Gasteiger partial charge in [-0.3, -0.25) is 0 Å². The molecule has 0 N–H and O–H groups in total. The van der Waals surface area contributed by atoms with E-state index in [1.807, 2.05) is 0 Å². The molecule has 0 heterocycles. The van der Waals surface area contributed by atoms with Gasteiger partial charge in [0.25, 0.3) is 0 Å². The Balaban J connectivity index is 1.98. The van der Waals surface area contributed by atoms with Crippen molar-refractivity contribution in [3.63, 3.8) is 0 Å². The van der Waals surface area contributed by atoms with Gasteiger partial charge in [-0.2, -0.15) is 0 Å². The number of rotatable bonds is 1. The van der Waals surface area contributed by atoms with E-state index in [1.54, 1.807) is 19.3 Å². The Bertz CT molecular complexity index is 98.6. The van der Waals surface area contributed by atoms with E-state index in [9.17, 15) is 0 Å². The van der Waals surface area contributed by atoms with Crippen molar-refractivity contribution in [1.29, 1.82) is 0 Å². The molecule has 2 aliphatic carbocycles. The third kappa shape index (κ3) is 0.416. The minimum Gasteiger partial charge on any atom is -0.0651 e. The summed E-state index contributed by atoms with van der Waals surface area (Å²) in [5, 5.41) is 0. The van der Waals surface area contributed by atoms with Crippen molar-refractivity contribution in [3.8, 4) is 0 Å². The van der Waals surface area contributed by atoms with Crippen molar-refractivity contribution in [3.05, 3.63) is 0 Å². The molecular weight excluding hydrogens is 96.1 g/mol.